The van der Waals surface area contributed by atoms with Gasteiger partial charge in [0.15, 0.2) is 0 Å². The molecule has 25 heavy (non-hydrogen) atoms. The number of H-pyrrole nitrogens is 1. The van der Waals surface area contributed by atoms with Crippen molar-refractivity contribution < 1.29 is 8.42 Å². The predicted molar refractivity (Wildman–Crippen MR) is 99.7 cm³/mol. The van der Waals surface area contributed by atoms with Crippen molar-refractivity contribution in [3.05, 3.63) is 40.2 Å². The zero-order valence-corrected chi connectivity index (χ0v) is 16.4. The quantitative estimate of drug-likeness (QED) is 0.911. The predicted octanol–water partition coefficient (Wildman–Crippen LogP) is 2.46. The van der Waals surface area contributed by atoms with Gasteiger partial charge in [-0.2, -0.15) is 9.40 Å². The van der Waals surface area contributed by atoms with Crippen molar-refractivity contribution in [2.24, 2.45) is 0 Å². The number of anilines is 1. The highest BCUT2D eigenvalue weighted by atomic mass is 32.2. The van der Waals surface area contributed by atoms with E-state index in [1.165, 1.54) is 22.4 Å². The molecule has 0 saturated carbocycles. The highest BCUT2D eigenvalue weighted by Gasteiger charge is 2.32. The first kappa shape index (κ1) is 17.9. The van der Waals surface area contributed by atoms with E-state index in [0.717, 1.165) is 0 Å². The Bertz CT molecular complexity index is 851. The SMILES string of the molecule is Cc1cc(C)c(N2CCN(S(=O)(=O)c3c(C)n[nH]c3C)CC2)c(C)c1. The molecule has 0 radical (unpaired) electrons. The highest BCUT2D eigenvalue weighted by Crippen LogP contribution is 2.29. The van der Waals surface area contributed by atoms with Crippen LogP contribution in [0.4, 0.5) is 5.69 Å². The molecule has 2 aromatic rings. The van der Waals surface area contributed by atoms with E-state index in [1.807, 2.05) is 0 Å². The summed E-state index contributed by atoms with van der Waals surface area (Å²) in [6.45, 7) is 12.2. The van der Waals surface area contributed by atoms with E-state index >= 15 is 0 Å². The molecule has 6 nitrogen and oxygen atoms in total. The van der Waals surface area contributed by atoms with Gasteiger partial charge in [0.05, 0.1) is 11.4 Å². The van der Waals surface area contributed by atoms with Crippen LogP contribution in [0.5, 0.6) is 0 Å². The summed E-state index contributed by atoms with van der Waals surface area (Å²) in [5.41, 5.74) is 6.12. The molecule has 1 aromatic carbocycles. The summed E-state index contributed by atoms with van der Waals surface area (Å²) in [5.74, 6) is 0. The van der Waals surface area contributed by atoms with Gasteiger partial charge in [0.1, 0.15) is 4.90 Å². The molecule has 2 heterocycles. The van der Waals surface area contributed by atoms with E-state index in [1.54, 1.807) is 18.2 Å². The molecule has 0 bridgehead atoms. The fourth-order valence-electron chi connectivity index (χ4n) is 3.87. The molecular formula is C18H26N4O2S. The Hall–Kier alpha value is -1.86. The first-order valence-electron chi connectivity index (χ1n) is 8.56. The van der Waals surface area contributed by atoms with Crippen LogP contribution >= 0.6 is 0 Å². The van der Waals surface area contributed by atoms with Gasteiger partial charge in [0, 0.05) is 31.9 Å². The van der Waals surface area contributed by atoms with Gasteiger partial charge < -0.3 is 4.90 Å². The van der Waals surface area contributed by atoms with Crippen LogP contribution in [-0.4, -0.2) is 49.1 Å². The summed E-state index contributed by atoms with van der Waals surface area (Å²) >= 11 is 0. The Morgan fingerprint density at radius 3 is 2.00 bits per heavy atom. The van der Waals surface area contributed by atoms with E-state index in [4.69, 9.17) is 0 Å². The number of nitrogens with zero attached hydrogens (tertiary/aromatic N) is 3. The average molecular weight is 362 g/mol. The zero-order valence-electron chi connectivity index (χ0n) is 15.5. The Morgan fingerprint density at radius 2 is 1.52 bits per heavy atom. The molecule has 1 saturated heterocycles. The minimum absolute atomic E-state index is 0.323. The van der Waals surface area contributed by atoms with Crippen LogP contribution in [0.25, 0.3) is 0 Å². The molecule has 1 N–H and O–H groups in total. The number of nitrogens with one attached hydrogen (secondary N) is 1. The molecule has 3 rings (SSSR count). The van der Waals surface area contributed by atoms with Gasteiger partial charge in [-0.25, -0.2) is 8.42 Å². The van der Waals surface area contributed by atoms with Crippen LogP contribution in [0.2, 0.25) is 0 Å². The molecule has 1 aliphatic heterocycles. The van der Waals surface area contributed by atoms with Crippen LogP contribution in [-0.2, 0) is 10.0 Å². The largest absolute Gasteiger partial charge is 0.368 e. The van der Waals surface area contributed by atoms with Gasteiger partial charge in [-0.3, -0.25) is 5.10 Å². The van der Waals surface area contributed by atoms with Crippen molar-refractivity contribution in [1.82, 2.24) is 14.5 Å². The van der Waals surface area contributed by atoms with Crippen LogP contribution in [0.1, 0.15) is 28.1 Å². The molecule has 1 aromatic heterocycles. The summed E-state index contributed by atoms with van der Waals surface area (Å²) in [6.07, 6.45) is 0. The minimum Gasteiger partial charge on any atom is -0.368 e. The number of hydrogen-bond acceptors (Lipinski definition) is 4. The van der Waals surface area contributed by atoms with E-state index < -0.39 is 10.0 Å². The maximum absolute atomic E-state index is 13.0. The Labute approximate surface area is 149 Å². The molecule has 0 aliphatic carbocycles. The normalized spacial score (nSPS) is 16.4. The van der Waals surface area contributed by atoms with Gasteiger partial charge >= 0.3 is 0 Å². The van der Waals surface area contributed by atoms with Crippen molar-refractivity contribution in [1.29, 1.82) is 0 Å². The monoisotopic (exact) mass is 362 g/mol. The highest BCUT2D eigenvalue weighted by molar-refractivity contribution is 7.89. The molecular weight excluding hydrogens is 336 g/mol. The number of rotatable bonds is 3. The molecule has 0 amide bonds. The average Bonchev–Trinajstić information content (AvgIpc) is 2.86. The summed E-state index contributed by atoms with van der Waals surface area (Å²) in [5, 5.41) is 6.80. The Balaban J connectivity index is 1.81. The van der Waals surface area contributed by atoms with Gasteiger partial charge in [-0.15, -0.1) is 0 Å². The fourth-order valence-corrected chi connectivity index (χ4v) is 5.63. The van der Waals surface area contributed by atoms with Gasteiger partial charge in [0.2, 0.25) is 10.0 Å². The van der Waals surface area contributed by atoms with Crippen LogP contribution in [0, 0.1) is 34.6 Å². The van der Waals surface area contributed by atoms with E-state index in [2.05, 4.69) is 48.0 Å². The lowest BCUT2D eigenvalue weighted by Gasteiger charge is -2.37. The molecule has 136 valence electrons. The molecule has 0 atom stereocenters. The maximum Gasteiger partial charge on any atom is 0.246 e. The molecule has 1 aliphatic rings. The first-order valence-corrected chi connectivity index (χ1v) is 10.0. The van der Waals surface area contributed by atoms with E-state index in [0.29, 0.717) is 42.5 Å². The zero-order chi connectivity index (χ0) is 18.4. The Morgan fingerprint density at radius 1 is 0.960 bits per heavy atom. The lowest BCUT2D eigenvalue weighted by Crippen LogP contribution is -2.49. The smallest absolute Gasteiger partial charge is 0.246 e. The summed E-state index contributed by atoms with van der Waals surface area (Å²) in [6, 6.07) is 4.37. The van der Waals surface area contributed by atoms with Crippen molar-refractivity contribution >= 4 is 15.7 Å². The van der Waals surface area contributed by atoms with E-state index in [-0.39, 0.29) is 0 Å². The second-order valence-electron chi connectivity index (χ2n) is 6.90. The minimum atomic E-state index is -3.50. The lowest BCUT2D eigenvalue weighted by atomic mass is 10.0. The van der Waals surface area contributed by atoms with E-state index in [9.17, 15) is 8.42 Å². The standard InChI is InChI=1S/C18H26N4O2S/c1-12-10-13(2)17(14(3)11-12)21-6-8-22(9-7-21)25(23,24)18-15(4)19-20-16(18)5/h10-11H,6-9H2,1-5H3,(H,19,20). The summed E-state index contributed by atoms with van der Waals surface area (Å²) in [7, 11) is -3.50. The number of benzene rings is 1. The maximum atomic E-state index is 13.0. The van der Waals surface area contributed by atoms with Gasteiger partial charge in [0.25, 0.3) is 0 Å². The molecule has 1 fully saturated rings. The lowest BCUT2D eigenvalue weighted by molar-refractivity contribution is 0.384. The van der Waals surface area contributed by atoms with Gasteiger partial charge in [-0.1, -0.05) is 17.7 Å². The first-order chi connectivity index (χ1) is 11.7. The van der Waals surface area contributed by atoms with Gasteiger partial charge in [-0.05, 0) is 45.7 Å². The van der Waals surface area contributed by atoms with Crippen molar-refractivity contribution in [3.8, 4) is 0 Å². The number of piperazine rings is 1. The number of aryl methyl sites for hydroxylation is 5. The van der Waals surface area contributed by atoms with Crippen LogP contribution in [0.15, 0.2) is 17.0 Å². The number of aromatic amines is 1. The summed E-state index contributed by atoms with van der Waals surface area (Å²) in [4.78, 5) is 2.62. The fraction of sp³-hybridized carbons (Fsp3) is 0.500. The Kier molecular flexibility index (Phi) is 4.64. The molecule has 7 heteroatoms. The van der Waals surface area contributed by atoms with Crippen molar-refractivity contribution in [2.45, 2.75) is 39.5 Å². The third-order valence-electron chi connectivity index (χ3n) is 4.85. The van der Waals surface area contributed by atoms with Crippen LogP contribution in [0.3, 0.4) is 0 Å². The third-order valence-corrected chi connectivity index (χ3v) is 7.01. The number of sulfonamides is 1. The second-order valence-corrected chi connectivity index (χ2v) is 8.78. The molecule has 0 spiro atoms. The number of aromatic nitrogens is 2. The van der Waals surface area contributed by atoms with Crippen molar-refractivity contribution in [3.63, 3.8) is 0 Å². The summed E-state index contributed by atoms with van der Waals surface area (Å²) < 4.78 is 27.5. The third kappa shape index (κ3) is 3.18. The van der Waals surface area contributed by atoms with Crippen molar-refractivity contribution in [2.75, 3.05) is 31.1 Å². The second kappa shape index (κ2) is 6.46. The molecule has 0 unspecified atom stereocenters. The topological polar surface area (TPSA) is 69.3 Å². The van der Waals surface area contributed by atoms with Crippen LogP contribution < -0.4 is 4.90 Å². The number of hydrogen-bond donors (Lipinski definition) is 1.